The molecule has 9 rings (SSSR count). The van der Waals surface area contributed by atoms with Crippen molar-refractivity contribution in [3.63, 3.8) is 0 Å². The van der Waals surface area contributed by atoms with E-state index >= 15 is 0 Å². The normalized spacial score (nSPS) is 12.1. The summed E-state index contributed by atoms with van der Waals surface area (Å²) in [5.74, 6) is 0. The first-order valence-electron chi connectivity index (χ1n) is 13.2. The van der Waals surface area contributed by atoms with Crippen LogP contribution in [0.25, 0.3) is 79.0 Å². The summed E-state index contributed by atoms with van der Waals surface area (Å²) >= 11 is 3.79. The summed E-state index contributed by atoms with van der Waals surface area (Å²) in [7, 11) is 0. The average molecular weight is 532 g/mol. The molecule has 3 heteroatoms. The third-order valence-corrected chi connectivity index (χ3v) is 10.4. The molecular weight excluding hydrogens is 511 g/mol. The number of nitrogens with zero attached hydrogens (tertiary/aromatic N) is 1. The number of rotatable bonds is 2. The molecule has 0 atom stereocenters. The first kappa shape index (κ1) is 21.5. The number of hydrogen-bond donors (Lipinski definition) is 0. The Hall–Kier alpha value is -4.44. The lowest BCUT2D eigenvalue weighted by atomic mass is 9.98. The highest BCUT2D eigenvalue weighted by Gasteiger charge is 2.17. The third-order valence-electron chi connectivity index (χ3n) is 8.01. The van der Waals surface area contributed by atoms with Crippen molar-refractivity contribution in [2.24, 2.45) is 0 Å². The molecule has 0 N–H and O–H groups in total. The second-order valence-corrected chi connectivity index (χ2v) is 12.2. The van der Waals surface area contributed by atoms with E-state index in [2.05, 4.69) is 132 Å². The molecule has 0 aliphatic carbocycles. The van der Waals surface area contributed by atoms with Crippen molar-refractivity contribution < 1.29 is 0 Å². The molecule has 182 valence electrons. The fourth-order valence-electron chi connectivity index (χ4n) is 6.34. The van der Waals surface area contributed by atoms with Gasteiger partial charge in [-0.1, -0.05) is 84.9 Å². The van der Waals surface area contributed by atoms with Gasteiger partial charge in [0.15, 0.2) is 0 Å². The topological polar surface area (TPSA) is 4.93 Å². The maximum absolute atomic E-state index is 2.41. The maximum atomic E-state index is 2.41. The molecule has 0 radical (unpaired) electrons. The summed E-state index contributed by atoms with van der Waals surface area (Å²) in [6.07, 6.45) is 0. The summed E-state index contributed by atoms with van der Waals surface area (Å²) in [6, 6.07) is 46.8. The van der Waals surface area contributed by atoms with Crippen molar-refractivity contribution in [1.82, 2.24) is 4.57 Å². The number of benzene rings is 6. The lowest BCUT2D eigenvalue weighted by molar-refractivity contribution is 1.19. The quantitative estimate of drug-likeness (QED) is 0.209. The zero-order valence-corrected chi connectivity index (χ0v) is 22.5. The van der Waals surface area contributed by atoms with Gasteiger partial charge >= 0.3 is 0 Å². The summed E-state index contributed by atoms with van der Waals surface area (Å²) < 4.78 is 7.79. The van der Waals surface area contributed by atoms with Crippen LogP contribution in [0.3, 0.4) is 0 Å². The number of fused-ring (bicyclic) bond motifs is 9. The molecule has 0 aliphatic rings. The summed E-state index contributed by atoms with van der Waals surface area (Å²) in [5, 5.41) is 7.95. The van der Waals surface area contributed by atoms with Crippen LogP contribution in [0.4, 0.5) is 0 Å². The minimum atomic E-state index is 1.20. The Morgan fingerprint density at radius 3 is 1.85 bits per heavy atom. The number of aromatic nitrogens is 1. The molecular formula is C36H21NS2. The van der Waals surface area contributed by atoms with Crippen LogP contribution >= 0.6 is 22.7 Å². The molecule has 0 amide bonds. The van der Waals surface area contributed by atoms with Crippen molar-refractivity contribution in [2.45, 2.75) is 0 Å². The predicted octanol–water partition coefficient (Wildman–Crippen LogP) is 11.2. The zero-order chi connectivity index (χ0) is 25.5. The molecule has 39 heavy (non-hydrogen) atoms. The van der Waals surface area contributed by atoms with E-state index < -0.39 is 0 Å². The van der Waals surface area contributed by atoms with Gasteiger partial charge in [0.2, 0.25) is 0 Å². The minimum Gasteiger partial charge on any atom is -0.309 e. The van der Waals surface area contributed by atoms with E-state index in [1.165, 1.54) is 79.0 Å². The van der Waals surface area contributed by atoms with Crippen LogP contribution in [0.1, 0.15) is 0 Å². The molecule has 0 fully saturated rings. The van der Waals surface area contributed by atoms with Gasteiger partial charge in [0.25, 0.3) is 0 Å². The van der Waals surface area contributed by atoms with Crippen molar-refractivity contribution in [2.75, 3.05) is 0 Å². The van der Waals surface area contributed by atoms with Gasteiger partial charge in [-0.05, 0) is 48.0 Å². The van der Waals surface area contributed by atoms with Gasteiger partial charge in [-0.15, -0.1) is 22.7 Å². The molecule has 3 heterocycles. The van der Waals surface area contributed by atoms with Crippen LogP contribution < -0.4 is 0 Å². The summed E-state index contributed by atoms with van der Waals surface area (Å²) in [6.45, 7) is 0. The van der Waals surface area contributed by atoms with E-state index in [1.54, 1.807) is 0 Å². The van der Waals surface area contributed by atoms with Crippen molar-refractivity contribution in [3.05, 3.63) is 127 Å². The first-order valence-corrected chi connectivity index (χ1v) is 14.8. The zero-order valence-electron chi connectivity index (χ0n) is 20.9. The van der Waals surface area contributed by atoms with Gasteiger partial charge in [0, 0.05) is 62.4 Å². The molecule has 0 aliphatic heterocycles. The van der Waals surface area contributed by atoms with Gasteiger partial charge in [0.1, 0.15) is 0 Å². The first-order chi connectivity index (χ1) is 19.3. The Morgan fingerprint density at radius 2 is 1.03 bits per heavy atom. The predicted molar refractivity (Wildman–Crippen MR) is 172 cm³/mol. The van der Waals surface area contributed by atoms with Crippen LogP contribution in [0.2, 0.25) is 0 Å². The summed E-state index contributed by atoms with van der Waals surface area (Å²) in [5.41, 5.74) is 6.34. The molecule has 0 spiro atoms. The number of para-hydroxylation sites is 2. The van der Waals surface area contributed by atoms with Crippen molar-refractivity contribution in [3.8, 4) is 16.8 Å². The fourth-order valence-corrected chi connectivity index (χ4v) is 8.68. The second-order valence-electron chi connectivity index (χ2n) is 10.1. The van der Waals surface area contributed by atoms with E-state index in [1.807, 2.05) is 22.7 Å². The highest BCUT2D eigenvalue weighted by molar-refractivity contribution is 7.26. The lowest BCUT2D eigenvalue weighted by Crippen LogP contribution is -1.93. The number of hydrogen-bond acceptors (Lipinski definition) is 2. The summed E-state index contributed by atoms with van der Waals surface area (Å²) in [4.78, 5) is 0. The monoisotopic (exact) mass is 531 g/mol. The molecule has 0 unspecified atom stereocenters. The Balaban J connectivity index is 1.32. The lowest BCUT2D eigenvalue weighted by Gasteiger charge is -2.08. The highest BCUT2D eigenvalue weighted by Crippen LogP contribution is 2.45. The molecule has 0 saturated carbocycles. The highest BCUT2D eigenvalue weighted by atomic mass is 32.1. The maximum Gasteiger partial charge on any atom is 0.0541 e. The largest absolute Gasteiger partial charge is 0.309 e. The van der Waals surface area contributed by atoms with Crippen molar-refractivity contribution >= 4 is 84.8 Å². The van der Waals surface area contributed by atoms with E-state index in [0.717, 1.165) is 0 Å². The van der Waals surface area contributed by atoms with Crippen molar-refractivity contribution in [1.29, 1.82) is 0 Å². The van der Waals surface area contributed by atoms with Crippen LogP contribution in [0.15, 0.2) is 127 Å². The van der Waals surface area contributed by atoms with E-state index in [4.69, 9.17) is 0 Å². The van der Waals surface area contributed by atoms with Gasteiger partial charge in [-0.3, -0.25) is 0 Å². The van der Waals surface area contributed by atoms with Crippen LogP contribution in [-0.4, -0.2) is 4.57 Å². The van der Waals surface area contributed by atoms with Gasteiger partial charge in [0.05, 0.1) is 11.0 Å². The van der Waals surface area contributed by atoms with Crippen LogP contribution in [0, 0.1) is 0 Å². The third kappa shape index (κ3) is 3.00. The standard InChI is InChI=1S/C36H21NS2/c1-4-15-30-23(9-1)24-10-2-5-16-31(24)37(30)22-19-20-33-29(21-22)27-14-7-13-26(36(27)39-33)25-12-8-18-34-35(25)28-11-3-6-17-32(28)38-34/h1-21H. The second kappa shape index (κ2) is 8.03. The smallest absolute Gasteiger partial charge is 0.0541 e. The molecule has 9 aromatic rings. The molecule has 0 saturated heterocycles. The fraction of sp³-hybridized carbons (Fsp3) is 0. The van der Waals surface area contributed by atoms with Crippen LogP contribution in [0.5, 0.6) is 0 Å². The van der Waals surface area contributed by atoms with E-state index in [9.17, 15) is 0 Å². The van der Waals surface area contributed by atoms with Crippen LogP contribution in [-0.2, 0) is 0 Å². The average Bonchev–Trinajstić information content (AvgIpc) is 3.66. The molecule has 3 aromatic heterocycles. The molecule has 0 bridgehead atoms. The van der Waals surface area contributed by atoms with E-state index in [0.29, 0.717) is 0 Å². The van der Waals surface area contributed by atoms with Gasteiger partial charge in [-0.25, -0.2) is 0 Å². The minimum absolute atomic E-state index is 1.20. The van der Waals surface area contributed by atoms with Gasteiger partial charge in [-0.2, -0.15) is 0 Å². The number of thiophene rings is 2. The molecule has 6 aromatic carbocycles. The van der Waals surface area contributed by atoms with Gasteiger partial charge < -0.3 is 4.57 Å². The Morgan fingerprint density at radius 1 is 0.410 bits per heavy atom. The Bertz CT molecular complexity index is 2350. The molecule has 1 nitrogen and oxygen atoms in total. The SMILES string of the molecule is c1ccc2c(c1)sc1cccc(-c3cccc4c3sc3ccc(-n5c6ccccc6c6ccccc65)cc34)c12. The Labute approximate surface area is 232 Å². The van der Waals surface area contributed by atoms with E-state index in [-0.39, 0.29) is 0 Å². The Kier molecular flexibility index (Phi) is 4.43.